The third kappa shape index (κ3) is 3.75. The van der Waals surface area contributed by atoms with E-state index in [-0.39, 0.29) is 11.7 Å². The second-order valence-corrected chi connectivity index (χ2v) is 6.97. The number of nitrogens with one attached hydrogen (secondary N) is 1. The van der Waals surface area contributed by atoms with Crippen LogP contribution in [0.5, 0.6) is 5.75 Å². The van der Waals surface area contributed by atoms with Crippen LogP contribution in [0.2, 0.25) is 0 Å². The molecule has 0 aromatic heterocycles. The molecule has 0 saturated heterocycles. The van der Waals surface area contributed by atoms with E-state index >= 15 is 0 Å². The van der Waals surface area contributed by atoms with Crippen LogP contribution in [0.3, 0.4) is 0 Å². The molecule has 2 unspecified atom stereocenters. The molecule has 1 saturated carbocycles. The average Bonchev–Trinajstić information content (AvgIpc) is 3.10. The number of carbonyl (C=O) groups is 3. The smallest absolute Gasteiger partial charge is 0.337 e. The summed E-state index contributed by atoms with van der Waals surface area (Å²) in [6, 6.07) is 4.58. The summed E-state index contributed by atoms with van der Waals surface area (Å²) < 4.78 is 10.3. The number of aliphatic carboxylic acids is 1. The molecule has 1 aliphatic carbocycles. The van der Waals surface area contributed by atoms with Gasteiger partial charge in [-0.1, -0.05) is 13.8 Å². The molecule has 0 bridgehead atoms. The molecule has 7 heteroatoms. The van der Waals surface area contributed by atoms with E-state index in [1.165, 1.54) is 13.2 Å². The third-order valence-electron chi connectivity index (χ3n) is 4.40. The number of methoxy groups -OCH3 is 1. The molecule has 136 valence electrons. The number of rotatable bonds is 6. The maximum Gasteiger partial charge on any atom is 0.337 e. The summed E-state index contributed by atoms with van der Waals surface area (Å²) >= 11 is 0. The monoisotopic (exact) mass is 349 g/mol. The first kappa shape index (κ1) is 18.8. The van der Waals surface area contributed by atoms with E-state index in [2.05, 4.69) is 10.1 Å². The van der Waals surface area contributed by atoms with E-state index in [4.69, 9.17) is 4.74 Å². The average molecular weight is 349 g/mol. The summed E-state index contributed by atoms with van der Waals surface area (Å²) in [4.78, 5) is 35.5. The van der Waals surface area contributed by atoms with E-state index in [0.29, 0.717) is 11.4 Å². The fourth-order valence-corrected chi connectivity index (χ4v) is 3.03. The zero-order valence-corrected chi connectivity index (χ0v) is 15.0. The Hall–Kier alpha value is -2.57. The van der Waals surface area contributed by atoms with Gasteiger partial charge in [0.2, 0.25) is 5.91 Å². The van der Waals surface area contributed by atoms with Gasteiger partial charge < -0.3 is 19.9 Å². The topological polar surface area (TPSA) is 102 Å². The Morgan fingerprint density at radius 1 is 1.20 bits per heavy atom. The molecule has 2 N–H and O–H groups in total. The first-order valence-electron chi connectivity index (χ1n) is 8.02. The predicted octanol–water partition coefficient (Wildman–Crippen LogP) is 2.56. The van der Waals surface area contributed by atoms with Gasteiger partial charge >= 0.3 is 11.9 Å². The molecule has 7 nitrogen and oxygen atoms in total. The summed E-state index contributed by atoms with van der Waals surface area (Å²) in [7, 11) is 1.27. The van der Waals surface area contributed by atoms with Gasteiger partial charge in [0.15, 0.2) is 0 Å². The van der Waals surface area contributed by atoms with Gasteiger partial charge in [-0.15, -0.1) is 0 Å². The quantitative estimate of drug-likeness (QED) is 0.765. The number of carbonyl (C=O) groups excluding carboxylic acids is 2. The van der Waals surface area contributed by atoms with Crippen molar-refractivity contribution in [2.45, 2.75) is 33.8 Å². The first-order chi connectivity index (χ1) is 11.6. The Morgan fingerprint density at radius 3 is 2.32 bits per heavy atom. The van der Waals surface area contributed by atoms with Crippen molar-refractivity contribution in [2.75, 3.05) is 12.4 Å². The van der Waals surface area contributed by atoms with Gasteiger partial charge in [0, 0.05) is 0 Å². The summed E-state index contributed by atoms with van der Waals surface area (Å²) in [5, 5.41) is 11.9. The highest BCUT2D eigenvalue weighted by molar-refractivity contribution is 6.01. The lowest BCUT2D eigenvalue weighted by molar-refractivity contribution is -0.140. The third-order valence-corrected chi connectivity index (χ3v) is 4.40. The predicted molar refractivity (Wildman–Crippen MR) is 90.6 cm³/mol. The fourth-order valence-electron chi connectivity index (χ4n) is 3.03. The molecule has 0 aliphatic heterocycles. The van der Waals surface area contributed by atoms with Gasteiger partial charge in [0.05, 0.1) is 36.3 Å². The van der Waals surface area contributed by atoms with Gasteiger partial charge in [-0.3, -0.25) is 9.59 Å². The van der Waals surface area contributed by atoms with Crippen LogP contribution in [0.25, 0.3) is 0 Å². The molecule has 0 spiro atoms. The van der Waals surface area contributed by atoms with E-state index in [9.17, 15) is 19.5 Å². The van der Waals surface area contributed by atoms with Crippen LogP contribution < -0.4 is 10.1 Å². The van der Waals surface area contributed by atoms with Crippen LogP contribution in [0.15, 0.2) is 18.2 Å². The molecule has 0 heterocycles. The van der Waals surface area contributed by atoms with Crippen LogP contribution in [0.1, 0.15) is 38.1 Å². The number of carboxylic acid groups (broad SMARTS) is 1. The minimum Gasteiger partial charge on any atom is -0.489 e. The molecule has 1 amide bonds. The lowest BCUT2D eigenvalue weighted by atomic mass is 10.1. The van der Waals surface area contributed by atoms with Gasteiger partial charge in [-0.05, 0) is 37.5 Å². The maximum atomic E-state index is 12.5. The van der Waals surface area contributed by atoms with Crippen LogP contribution in [0, 0.1) is 17.3 Å². The molecule has 1 fully saturated rings. The van der Waals surface area contributed by atoms with Crippen molar-refractivity contribution < 1.29 is 29.0 Å². The van der Waals surface area contributed by atoms with Crippen LogP contribution in [-0.4, -0.2) is 36.2 Å². The molecular formula is C18H23NO6. The number of anilines is 1. The van der Waals surface area contributed by atoms with Crippen LogP contribution in [0.4, 0.5) is 5.69 Å². The van der Waals surface area contributed by atoms with Crippen molar-refractivity contribution in [3.05, 3.63) is 23.8 Å². The van der Waals surface area contributed by atoms with Crippen molar-refractivity contribution >= 4 is 23.5 Å². The minimum atomic E-state index is -0.993. The van der Waals surface area contributed by atoms with Gasteiger partial charge in [0.25, 0.3) is 0 Å². The number of benzene rings is 1. The van der Waals surface area contributed by atoms with Crippen molar-refractivity contribution in [1.82, 2.24) is 0 Å². The molecule has 1 aromatic carbocycles. The zero-order valence-electron chi connectivity index (χ0n) is 15.0. The van der Waals surface area contributed by atoms with Crippen LogP contribution in [-0.2, 0) is 14.3 Å². The first-order valence-corrected chi connectivity index (χ1v) is 8.02. The Bertz CT molecular complexity index is 710. The molecule has 25 heavy (non-hydrogen) atoms. The van der Waals surface area contributed by atoms with E-state index in [1.54, 1.807) is 26.0 Å². The Morgan fingerprint density at radius 2 is 1.84 bits per heavy atom. The largest absolute Gasteiger partial charge is 0.489 e. The highest BCUT2D eigenvalue weighted by Gasteiger charge is 2.65. The van der Waals surface area contributed by atoms with Gasteiger partial charge in [0.1, 0.15) is 5.75 Å². The lowest BCUT2D eigenvalue weighted by Crippen LogP contribution is -2.19. The van der Waals surface area contributed by atoms with E-state index in [1.807, 2.05) is 13.8 Å². The zero-order chi connectivity index (χ0) is 18.9. The molecule has 1 aromatic rings. The lowest BCUT2D eigenvalue weighted by Gasteiger charge is -2.16. The van der Waals surface area contributed by atoms with Crippen LogP contribution >= 0.6 is 0 Å². The van der Waals surface area contributed by atoms with Gasteiger partial charge in [-0.25, -0.2) is 4.79 Å². The van der Waals surface area contributed by atoms with E-state index in [0.717, 1.165) is 0 Å². The Balaban J connectivity index is 2.28. The summed E-state index contributed by atoms with van der Waals surface area (Å²) in [6.07, 6.45) is -0.135. The highest BCUT2D eigenvalue weighted by atomic mass is 16.5. The molecule has 2 atom stereocenters. The number of amides is 1. The molecule has 0 radical (unpaired) electrons. The summed E-state index contributed by atoms with van der Waals surface area (Å²) in [5.41, 5.74) is -0.0400. The standard InChI is InChI=1S/C18H23NO6/c1-9(2)25-12-7-6-10(17(23)24-5)8-11(12)19-15(20)13-14(16(21)22)18(13,3)4/h6-9,13-14H,1-5H3,(H,19,20)(H,21,22). The fraction of sp³-hybridized carbons (Fsp3) is 0.500. The Kier molecular flexibility index (Phi) is 5.06. The maximum absolute atomic E-state index is 12.5. The Labute approximate surface area is 146 Å². The highest BCUT2D eigenvalue weighted by Crippen LogP contribution is 2.58. The van der Waals surface area contributed by atoms with Crippen molar-refractivity contribution in [3.8, 4) is 5.75 Å². The van der Waals surface area contributed by atoms with Gasteiger partial charge in [-0.2, -0.15) is 0 Å². The molecule has 2 rings (SSSR count). The number of hydrogen-bond acceptors (Lipinski definition) is 5. The SMILES string of the molecule is COC(=O)c1ccc(OC(C)C)c(NC(=O)C2C(C(=O)O)C2(C)C)c1. The van der Waals surface area contributed by atoms with E-state index < -0.39 is 35.1 Å². The summed E-state index contributed by atoms with van der Waals surface area (Å²) in [5.74, 6) is -2.91. The summed E-state index contributed by atoms with van der Waals surface area (Å²) in [6.45, 7) is 7.16. The van der Waals surface area contributed by atoms with Crippen molar-refractivity contribution in [1.29, 1.82) is 0 Å². The second kappa shape index (κ2) is 6.74. The number of hydrogen-bond donors (Lipinski definition) is 2. The van der Waals surface area contributed by atoms with Crippen molar-refractivity contribution in [2.24, 2.45) is 17.3 Å². The second-order valence-electron chi connectivity index (χ2n) is 6.97. The minimum absolute atomic E-state index is 0.135. The molecule has 1 aliphatic rings. The number of ether oxygens (including phenoxy) is 2. The number of esters is 1. The number of carboxylic acids is 1. The van der Waals surface area contributed by atoms with Crippen molar-refractivity contribution in [3.63, 3.8) is 0 Å². The normalized spacial score (nSPS) is 20.7. The molecular weight excluding hydrogens is 326 g/mol.